The molecule has 0 spiro atoms. The minimum Gasteiger partial charge on any atom is -0.396 e. The molecule has 1 heterocycles. The highest BCUT2D eigenvalue weighted by atomic mass is 35.5. The first kappa shape index (κ1) is 11.3. The van der Waals surface area contributed by atoms with Crippen LogP contribution in [0.1, 0.15) is 19.8 Å². The van der Waals surface area contributed by atoms with E-state index in [4.69, 9.17) is 16.7 Å². The fourth-order valence-corrected chi connectivity index (χ4v) is 1.44. The first-order chi connectivity index (χ1) is 6.76. The second-order valence-electron chi connectivity index (χ2n) is 3.13. The smallest absolute Gasteiger partial charge is 0.131 e. The molecule has 1 unspecified atom stereocenters. The van der Waals surface area contributed by atoms with Gasteiger partial charge in [-0.05, 0) is 25.0 Å². The van der Waals surface area contributed by atoms with E-state index in [1.165, 1.54) is 0 Å². The van der Waals surface area contributed by atoms with Crippen molar-refractivity contribution in [3.05, 3.63) is 23.5 Å². The van der Waals surface area contributed by atoms with Gasteiger partial charge in [0.2, 0.25) is 0 Å². The number of anilines is 1. The van der Waals surface area contributed by atoms with Crippen LogP contribution in [0.3, 0.4) is 0 Å². The molecule has 4 heteroatoms. The third kappa shape index (κ3) is 3.52. The lowest BCUT2D eigenvalue weighted by molar-refractivity contribution is 0.278. The van der Waals surface area contributed by atoms with E-state index in [0.717, 1.165) is 18.5 Å². The first-order valence-corrected chi connectivity index (χ1v) is 5.13. The van der Waals surface area contributed by atoms with Crippen molar-refractivity contribution in [2.45, 2.75) is 25.8 Å². The summed E-state index contributed by atoms with van der Waals surface area (Å²) in [5.74, 6) is 0. The van der Waals surface area contributed by atoms with Crippen molar-refractivity contribution in [1.82, 2.24) is 4.98 Å². The van der Waals surface area contributed by atoms with Crippen molar-refractivity contribution in [1.29, 1.82) is 0 Å². The molecule has 0 amide bonds. The number of pyridine rings is 1. The van der Waals surface area contributed by atoms with Crippen molar-refractivity contribution in [3.8, 4) is 0 Å². The maximum Gasteiger partial charge on any atom is 0.131 e. The van der Waals surface area contributed by atoms with Crippen LogP contribution in [0.5, 0.6) is 0 Å². The third-order valence-corrected chi connectivity index (χ3v) is 2.27. The summed E-state index contributed by atoms with van der Waals surface area (Å²) in [6, 6.07) is 3.94. The standard InChI is InChI=1S/C10H15ClN2O/c1-2-8(4-6-14)13-9-3-5-12-10(11)7-9/h3,5,7-8,14H,2,4,6H2,1H3,(H,12,13). The summed E-state index contributed by atoms with van der Waals surface area (Å²) in [6.07, 6.45) is 3.38. The Hall–Kier alpha value is -0.800. The zero-order valence-corrected chi connectivity index (χ0v) is 8.96. The quantitative estimate of drug-likeness (QED) is 0.740. The molecule has 0 aliphatic carbocycles. The molecule has 1 aromatic rings. The Morgan fingerprint density at radius 2 is 2.43 bits per heavy atom. The first-order valence-electron chi connectivity index (χ1n) is 4.75. The van der Waals surface area contributed by atoms with Crippen LogP contribution >= 0.6 is 11.6 Å². The Balaban J connectivity index is 2.57. The summed E-state index contributed by atoms with van der Waals surface area (Å²) in [5, 5.41) is 12.6. The van der Waals surface area contributed by atoms with Gasteiger partial charge in [-0.2, -0.15) is 0 Å². The van der Waals surface area contributed by atoms with Gasteiger partial charge in [0.1, 0.15) is 5.15 Å². The van der Waals surface area contributed by atoms with Crippen molar-refractivity contribution in [2.75, 3.05) is 11.9 Å². The van der Waals surface area contributed by atoms with Crippen molar-refractivity contribution < 1.29 is 5.11 Å². The molecular weight excluding hydrogens is 200 g/mol. The highest BCUT2D eigenvalue weighted by Gasteiger charge is 2.04. The monoisotopic (exact) mass is 214 g/mol. The second-order valence-corrected chi connectivity index (χ2v) is 3.52. The van der Waals surface area contributed by atoms with E-state index in [9.17, 15) is 0 Å². The fourth-order valence-electron chi connectivity index (χ4n) is 1.26. The number of hydrogen-bond donors (Lipinski definition) is 2. The fraction of sp³-hybridized carbons (Fsp3) is 0.500. The maximum absolute atomic E-state index is 8.82. The zero-order chi connectivity index (χ0) is 10.4. The second kappa shape index (κ2) is 5.83. The van der Waals surface area contributed by atoms with Crippen LogP contribution in [0.25, 0.3) is 0 Å². The molecule has 1 aromatic heterocycles. The number of aromatic nitrogens is 1. The Kier molecular flexibility index (Phi) is 4.70. The van der Waals surface area contributed by atoms with Crippen molar-refractivity contribution >= 4 is 17.3 Å². The lowest BCUT2D eigenvalue weighted by Crippen LogP contribution is -2.19. The number of aliphatic hydroxyl groups is 1. The van der Waals surface area contributed by atoms with Gasteiger partial charge < -0.3 is 10.4 Å². The Morgan fingerprint density at radius 1 is 1.64 bits per heavy atom. The van der Waals surface area contributed by atoms with Gasteiger partial charge in [0.05, 0.1) is 0 Å². The molecule has 0 saturated heterocycles. The molecule has 3 nitrogen and oxygen atoms in total. The molecule has 0 fully saturated rings. The number of hydrogen-bond acceptors (Lipinski definition) is 3. The number of rotatable bonds is 5. The van der Waals surface area contributed by atoms with E-state index >= 15 is 0 Å². The van der Waals surface area contributed by atoms with Gasteiger partial charge in [-0.1, -0.05) is 18.5 Å². The van der Waals surface area contributed by atoms with E-state index in [1.54, 1.807) is 12.3 Å². The number of aliphatic hydroxyl groups excluding tert-OH is 1. The number of nitrogens with one attached hydrogen (secondary N) is 1. The van der Waals surface area contributed by atoms with Crippen LogP contribution in [0.2, 0.25) is 5.15 Å². The summed E-state index contributed by atoms with van der Waals surface area (Å²) in [5.41, 5.74) is 0.949. The van der Waals surface area contributed by atoms with Crippen molar-refractivity contribution in [2.24, 2.45) is 0 Å². The molecule has 14 heavy (non-hydrogen) atoms. The largest absolute Gasteiger partial charge is 0.396 e. The van der Waals surface area contributed by atoms with E-state index in [0.29, 0.717) is 11.2 Å². The summed E-state index contributed by atoms with van der Waals surface area (Å²) >= 11 is 5.75. The predicted molar refractivity (Wildman–Crippen MR) is 58.7 cm³/mol. The molecule has 1 atom stereocenters. The van der Waals surface area contributed by atoms with Gasteiger partial charge in [0.25, 0.3) is 0 Å². The lowest BCUT2D eigenvalue weighted by atomic mass is 10.1. The summed E-state index contributed by atoms with van der Waals surface area (Å²) in [4.78, 5) is 3.89. The molecule has 0 radical (unpaired) electrons. The molecule has 1 rings (SSSR count). The predicted octanol–water partition coefficient (Wildman–Crippen LogP) is 2.31. The highest BCUT2D eigenvalue weighted by molar-refractivity contribution is 6.29. The molecule has 0 aliphatic heterocycles. The Labute approximate surface area is 89.1 Å². The zero-order valence-electron chi connectivity index (χ0n) is 8.20. The van der Waals surface area contributed by atoms with Crippen LogP contribution in [0.15, 0.2) is 18.3 Å². The topological polar surface area (TPSA) is 45.1 Å². The molecule has 2 N–H and O–H groups in total. The van der Waals surface area contributed by atoms with Crippen LogP contribution in [0.4, 0.5) is 5.69 Å². The highest BCUT2D eigenvalue weighted by Crippen LogP contribution is 2.14. The minimum atomic E-state index is 0.199. The molecule has 0 aliphatic rings. The van der Waals surface area contributed by atoms with Gasteiger partial charge in [-0.25, -0.2) is 4.98 Å². The van der Waals surface area contributed by atoms with E-state index < -0.39 is 0 Å². The van der Waals surface area contributed by atoms with Gasteiger partial charge in [0, 0.05) is 24.5 Å². The minimum absolute atomic E-state index is 0.199. The van der Waals surface area contributed by atoms with Crippen LogP contribution in [-0.4, -0.2) is 22.7 Å². The molecular formula is C10H15ClN2O. The molecule has 78 valence electrons. The molecule has 0 aromatic carbocycles. The van der Waals surface area contributed by atoms with Crippen LogP contribution in [0, 0.1) is 0 Å². The van der Waals surface area contributed by atoms with Crippen molar-refractivity contribution in [3.63, 3.8) is 0 Å². The third-order valence-electron chi connectivity index (χ3n) is 2.07. The average molecular weight is 215 g/mol. The van der Waals surface area contributed by atoms with E-state index in [1.807, 2.05) is 6.07 Å². The molecule has 0 bridgehead atoms. The summed E-state index contributed by atoms with van der Waals surface area (Å²) in [6.45, 7) is 2.28. The normalized spacial score (nSPS) is 12.5. The Bertz CT molecular complexity index is 281. The molecule has 0 saturated carbocycles. The van der Waals surface area contributed by atoms with Gasteiger partial charge >= 0.3 is 0 Å². The average Bonchev–Trinajstić information content (AvgIpc) is 2.17. The number of halogens is 1. The Morgan fingerprint density at radius 3 is 3.00 bits per heavy atom. The lowest BCUT2D eigenvalue weighted by Gasteiger charge is -2.16. The van der Waals surface area contributed by atoms with E-state index in [2.05, 4.69) is 17.2 Å². The van der Waals surface area contributed by atoms with Gasteiger partial charge in [-0.15, -0.1) is 0 Å². The number of nitrogens with zero attached hydrogens (tertiary/aromatic N) is 1. The van der Waals surface area contributed by atoms with Gasteiger partial charge in [0.15, 0.2) is 0 Å². The van der Waals surface area contributed by atoms with Crippen LogP contribution in [-0.2, 0) is 0 Å². The van der Waals surface area contributed by atoms with E-state index in [-0.39, 0.29) is 6.61 Å². The maximum atomic E-state index is 8.82. The van der Waals surface area contributed by atoms with Gasteiger partial charge in [-0.3, -0.25) is 0 Å². The summed E-state index contributed by atoms with van der Waals surface area (Å²) in [7, 11) is 0. The van der Waals surface area contributed by atoms with Crippen LogP contribution < -0.4 is 5.32 Å². The summed E-state index contributed by atoms with van der Waals surface area (Å²) < 4.78 is 0. The SMILES string of the molecule is CCC(CCO)Nc1ccnc(Cl)c1.